The summed E-state index contributed by atoms with van der Waals surface area (Å²) in [6.07, 6.45) is 0. The number of carbonyl (C=O) groups is 1. The molecule has 2 heterocycles. The van der Waals surface area contributed by atoms with Crippen molar-refractivity contribution in [2.75, 3.05) is 0 Å². The first-order chi connectivity index (χ1) is 12.2. The standard InChI is InChI=1S/C17H11ClN4O3/c18-11-7-5-10(6-8-11)16-22-20-14(25-16)9-24-17(23)15-12-3-1-2-4-13(12)19-21-15/h1-8H,9H2,(H,19,21). The van der Waals surface area contributed by atoms with Crippen LogP contribution in [0, 0.1) is 0 Å². The number of hydrogen-bond acceptors (Lipinski definition) is 6. The number of para-hydroxylation sites is 1. The minimum absolute atomic E-state index is 0.138. The molecule has 8 heteroatoms. The molecule has 0 aliphatic rings. The third-order valence-electron chi connectivity index (χ3n) is 3.55. The summed E-state index contributed by atoms with van der Waals surface area (Å²) in [4.78, 5) is 12.2. The first-order valence-corrected chi connectivity index (χ1v) is 7.77. The Labute approximate surface area is 146 Å². The van der Waals surface area contributed by atoms with Crippen molar-refractivity contribution < 1.29 is 13.9 Å². The zero-order valence-corrected chi connectivity index (χ0v) is 13.5. The van der Waals surface area contributed by atoms with Gasteiger partial charge in [0.1, 0.15) is 0 Å². The fraction of sp³-hybridized carbons (Fsp3) is 0.0588. The lowest BCUT2D eigenvalue weighted by molar-refractivity contribution is 0.0434. The highest BCUT2D eigenvalue weighted by Gasteiger charge is 2.17. The van der Waals surface area contributed by atoms with Crippen molar-refractivity contribution in [3.8, 4) is 11.5 Å². The summed E-state index contributed by atoms with van der Waals surface area (Å²) >= 11 is 5.85. The van der Waals surface area contributed by atoms with Crippen LogP contribution in [0.2, 0.25) is 5.02 Å². The summed E-state index contributed by atoms with van der Waals surface area (Å²) < 4.78 is 10.7. The molecule has 0 fully saturated rings. The molecule has 25 heavy (non-hydrogen) atoms. The minimum Gasteiger partial charge on any atom is -0.451 e. The molecular formula is C17H11ClN4O3. The van der Waals surface area contributed by atoms with Crippen LogP contribution in [0.5, 0.6) is 0 Å². The SMILES string of the molecule is O=C(OCc1nnc(-c2ccc(Cl)cc2)o1)c1n[nH]c2ccccc12. The largest absolute Gasteiger partial charge is 0.451 e. The van der Waals surface area contributed by atoms with Gasteiger partial charge in [-0.1, -0.05) is 29.8 Å². The summed E-state index contributed by atoms with van der Waals surface area (Å²) in [7, 11) is 0. The first kappa shape index (κ1) is 15.3. The van der Waals surface area contributed by atoms with E-state index in [4.69, 9.17) is 20.8 Å². The van der Waals surface area contributed by atoms with Gasteiger partial charge in [-0.2, -0.15) is 5.10 Å². The Hall–Kier alpha value is -3.19. The van der Waals surface area contributed by atoms with Crippen molar-refractivity contribution in [1.82, 2.24) is 20.4 Å². The van der Waals surface area contributed by atoms with E-state index >= 15 is 0 Å². The number of fused-ring (bicyclic) bond motifs is 1. The number of carbonyl (C=O) groups excluding carboxylic acids is 1. The molecule has 0 saturated heterocycles. The normalized spacial score (nSPS) is 10.9. The van der Waals surface area contributed by atoms with Gasteiger partial charge in [0.15, 0.2) is 12.3 Å². The van der Waals surface area contributed by atoms with E-state index in [0.29, 0.717) is 16.3 Å². The fourth-order valence-electron chi connectivity index (χ4n) is 2.34. The number of aromatic nitrogens is 4. The second-order valence-electron chi connectivity index (χ2n) is 5.20. The summed E-state index contributed by atoms with van der Waals surface area (Å²) in [5, 5.41) is 15.9. The molecule has 0 saturated carbocycles. The van der Waals surface area contributed by atoms with Crippen molar-refractivity contribution >= 4 is 28.5 Å². The van der Waals surface area contributed by atoms with Crippen LogP contribution in [0.1, 0.15) is 16.4 Å². The Morgan fingerprint density at radius 3 is 2.76 bits per heavy atom. The second kappa shape index (κ2) is 6.37. The minimum atomic E-state index is -0.566. The first-order valence-electron chi connectivity index (χ1n) is 7.39. The van der Waals surface area contributed by atoms with Gasteiger partial charge < -0.3 is 9.15 Å². The maximum Gasteiger partial charge on any atom is 0.359 e. The fourth-order valence-corrected chi connectivity index (χ4v) is 2.46. The van der Waals surface area contributed by atoms with Gasteiger partial charge in [-0.25, -0.2) is 4.79 Å². The van der Waals surface area contributed by atoms with Gasteiger partial charge in [0, 0.05) is 16.0 Å². The van der Waals surface area contributed by atoms with Gasteiger partial charge in [-0.05, 0) is 30.3 Å². The number of nitrogens with zero attached hydrogens (tertiary/aromatic N) is 3. The summed E-state index contributed by atoms with van der Waals surface area (Å²) in [6.45, 7) is -0.138. The van der Waals surface area contributed by atoms with Gasteiger partial charge in [0.25, 0.3) is 5.89 Å². The van der Waals surface area contributed by atoms with Gasteiger partial charge in [0.05, 0.1) is 5.52 Å². The van der Waals surface area contributed by atoms with Crippen LogP contribution in [0.4, 0.5) is 0 Å². The van der Waals surface area contributed by atoms with Crippen LogP contribution in [-0.2, 0) is 11.3 Å². The van der Waals surface area contributed by atoms with Crippen molar-refractivity contribution in [2.45, 2.75) is 6.61 Å². The molecule has 0 unspecified atom stereocenters. The van der Waals surface area contributed by atoms with Gasteiger partial charge in [-0.15, -0.1) is 10.2 Å². The Kier molecular flexibility index (Phi) is 3.91. The molecule has 0 radical (unpaired) electrons. The van der Waals surface area contributed by atoms with E-state index in [2.05, 4.69) is 20.4 Å². The number of nitrogens with one attached hydrogen (secondary N) is 1. The topological polar surface area (TPSA) is 93.9 Å². The smallest absolute Gasteiger partial charge is 0.359 e. The van der Waals surface area contributed by atoms with Crippen LogP contribution in [0.3, 0.4) is 0 Å². The lowest BCUT2D eigenvalue weighted by atomic mass is 10.2. The maximum absolute atomic E-state index is 12.2. The molecule has 2 aromatic heterocycles. The lowest BCUT2D eigenvalue weighted by Crippen LogP contribution is -2.06. The molecule has 7 nitrogen and oxygen atoms in total. The van der Waals surface area contributed by atoms with E-state index in [1.165, 1.54) is 0 Å². The quantitative estimate of drug-likeness (QED) is 0.562. The van der Waals surface area contributed by atoms with Gasteiger partial charge in [-0.3, -0.25) is 5.10 Å². The third-order valence-corrected chi connectivity index (χ3v) is 3.80. The molecule has 0 spiro atoms. The molecule has 124 valence electrons. The highest BCUT2D eigenvalue weighted by atomic mass is 35.5. The predicted octanol–water partition coefficient (Wildman–Crippen LogP) is 3.62. The van der Waals surface area contributed by atoms with Crippen LogP contribution in [0.15, 0.2) is 52.9 Å². The number of halogens is 1. The van der Waals surface area contributed by atoms with Crippen molar-refractivity contribution in [3.05, 3.63) is 65.1 Å². The van der Waals surface area contributed by atoms with E-state index in [0.717, 1.165) is 11.1 Å². The maximum atomic E-state index is 12.2. The molecule has 2 aromatic carbocycles. The average Bonchev–Trinajstić information content (AvgIpc) is 3.27. The van der Waals surface area contributed by atoms with E-state index in [1.807, 2.05) is 18.2 Å². The zero-order chi connectivity index (χ0) is 17.2. The number of rotatable bonds is 4. The summed E-state index contributed by atoms with van der Waals surface area (Å²) in [5.41, 5.74) is 1.71. The lowest BCUT2D eigenvalue weighted by Gasteiger charge is -1.99. The highest BCUT2D eigenvalue weighted by molar-refractivity contribution is 6.30. The van der Waals surface area contributed by atoms with Gasteiger partial charge in [0.2, 0.25) is 5.89 Å². The molecule has 0 aliphatic heterocycles. The second-order valence-corrected chi connectivity index (χ2v) is 5.64. The van der Waals surface area contributed by atoms with E-state index in [9.17, 15) is 4.79 Å². The van der Waals surface area contributed by atoms with Crippen LogP contribution in [0.25, 0.3) is 22.4 Å². The van der Waals surface area contributed by atoms with Crippen LogP contribution >= 0.6 is 11.6 Å². The average molecular weight is 355 g/mol. The molecule has 0 atom stereocenters. The van der Waals surface area contributed by atoms with Crippen molar-refractivity contribution in [1.29, 1.82) is 0 Å². The molecule has 4 rings (SSSR count). The monoisotopic (exact) mass is 354 g/mol. The van der Waals surface area contributed by atoms with Gasteiger partial charge >= 0.3 is 5.97 Å². The summed E-state index contributed by atoms with van der Waals surface area (Å²) in [5.74, 6) is -0.0465. The Morgan fingerprint density at radius 1 is 1.12 bits per heavy atom. The summed E-state index contributed by atoms with van der Waals surface area (Å²) in [6, 6.07) is 14.3. The zero-order valence-electron chi connectivity index (χ0n) is 12.8. The van der Waals surface area contributed by atoms with Crippen molar-refractivity contribution in [2.24, 2.45) is 0 Å². The highest BCUT2D eigenvalue weighted by Crippen LogP contribution is 2.21. The number of ether oxygens (including phenoxy) is 1. The molecule has 4 aromatic rings. The van der Waals surface area contributed by atoms with E-state index in [1.54, 1.807) is 30.3 Å². The number of hydrogen-bond donors (Lipinski definition) is 1. The molecule has 0 aliphatic carbocycles. The predicted molar refractivity (Wildman–Crippen MR) is 90.0 cm³/mol. The number of benzene rings is 2. The molecule has 0 bridgehead atoms. The number of H-pyrrole nitrogens is 1. The Morgan fingerprint density at radius 2 is 1.92 bits per heavy atom. The van der Waals surface area contributed by atoms with E-state index in [-0.39, 0.29) is 18.2 Å². The number of aromatic amines is 1. The Bertz CT molecular complexity index is 1040. The molecule has 0 amide bonds. The Balaban J connectivity index is 1.46. The van der Waals surface area contributed by atoms with Crippen LogP contribution < -0.4 is 0 Å². The van der Waals surface area contributed by atoms with Crippen LogP contribution in [-0.4, -0.2) is 26.4 Å². The molecular weight excluding hydrogens is 344 g/mol. The van der Waals surface area contributed by atoms with E-state index < -0.39 is 5.97 Å². The third kappa shape index (κ3) is 3.09. The molecule has 1 N–H and O–H groups in total. The number of esters is 1. The van der Waals surface area contributed by atoms with Crippen molar-refractivity contribution in [3.63, 3.8) is 0 Å².